The normalized spacial score (nSPS) is 10.4. The van der Waals surface area contributed by atoms with Crippen molar-refractivity contribution < 1.29 is 4.79 Å². The molecule has 0 unspecified atom stereocenters. The van der Waals surface area contributed by atoms with Crippen LogP contribution in [0.5, 0.6) is 0 Å². The molecule has 0 saturated carbocycles. The molecule has 1 N–H and O–H groups in total. The molecule has 116 valence electrons. The summed E-state index contributed by atoms with van der Waals surface area (Å²) in [5, 5.41) is 3.31. The van der Waals surface area contributed by atoms with Crippen LogP contribution in [0.1, 0.15) is 17.5 Å². The lowest BCUT2D eigenvalue weighted by Crippen LogP contribution is -2.31. The topological polar surface area (TPSA) is 45.2 Å². The Balaban J connectivity index is 1.62. The van der Waals surface area contributed by atoms with Gasteiger partial charge in [0.05, 0.1) is 0 Å². The highest BCUT2D eigenvalue weighted by atomic mass is 16.2. The zero-order valence-electron chi connectivity index (χ0n) is 13.0. The van der Waals surface area contributed by atoms with Gasteiger partial charge in [-0.05, 0) is 29.7 Å². The van der Waals surface area contributed by atoms with E-state index in [2.05, 4.69) is 22.4 Å². The molecule has 0 bridgehead atoms. The summed E-state index contributed by atoms with van der Waals surface area (Å²) in [6.45, 7) is 2.24. The van der Waals surface area contributed by atoms with E-state index in [1.165, 1.54) is 11.1 Å². The van der Waals surface area contributed by atoms with Crippen LogP contribution in [-0.2, 0) is 17.8 Å². The van der Waals surface area contributed by atoms with E-state index in [9.17, 15) is 4.79 Å². The molecule has 0 spiro atoms. The quantitative estimate of drug-likeness (QED) is 0.760. The maximum atomic E-state index is 12.0. The molecule has 0 aliphatic heterocycles. The van der Waals surface area contributed by atoms with Gasteiger partial charge in [-0.25, -0.2) is 0 Å². The van der Waals surface area contributed by atoms with Crippen molar-refractivity contribution >= 4 is 5.91 Å². The van der Waals surface area contributed by atoms with Crippen molar-refractivity contribution in [2.45, 2.75) is 19.4 Å². The number of nitrogens with one attached hydrogen (secondary N) is 1. The van der Waals surface area contributed by atoms with Crippen LogP contribution in [0.15, 0.2) is 54.9 Å². The van der Waals surface area contributed by atoms with Gasteiger partial charge in [-0.2, -0.15) is 0 Å². The predicted octanol–water partition coefficient (Wildman–Crippen LogP) is 2.26. The summed E-state index contributed by atoms with van der Waals surface area (Å²) in [5.74, 6) is 0.176. The van der Waals surface area contributed by atoms with E-state index in [0.29, 0.717) is 13.0 Å². The Morgan fingerprint density at radius 2 is 1.82 bits per heavy atom. The van der Waals surface area contributed by atoms with Gasteiger partial charge in [0.25, 0.3) is 0 Å². The highest BCUT2D eigenvalue weighted by Crippen LogP contribution is 2.01. The highest BCUT2D eigenvalue weighted by Gasteiger charge is 2.08. The van der Waals surface area contributed by atoms with E-state index >= 15 is 0 Å². The summed E-state index contributed by atoms with van der Waals surface area (Å²) >= 11 is 0. The zero-order valence-corrected chi connectivity index (χ0v) is 13.0. The Morgan fingerprint density at radius 1 is 1.09 bits per heavy atom. The smallest absolute Gasteiger partial charge is 0.223 e. The summed E-state index contributed by atoms with van der Waals surface area (Å²) in [6, 6.07) is 14.2. The van der Waals surface area contributed by atoms with Crippen LogP contribution >= 0.6 is 0 Å². The Hall–Kier alpha value is -2.20. The summed E-state index contributed by atoms with van der Waals surface area (Å²) in [5.41, 5.74) is 2.44. The second-order valence-corrected chi connectivity index (χ2v) is 5.33. The Kier molecular flexibility index (Phi) is 6.58. The number of amides is 1. The Bertz CT molecular complexity index is 557. The second kappa shape index (κ2) is 8.95. The van der Waals surface area contributed by atoms with E-state index in [4.69, 9.17) is 0 Å². The van der Waals surface area contributed by atoms with Gasteiger partial charge in [-0.1, -0.05) is 30.3 Å². The minimum atomic E-state index is 0.176. The molecule has 2 aromatic rings. The molecule has 22 heavy (non-hydrogen) atoms. The molecule has 1 aromatic heterocycles. The maximum absolute atomic E-state index is 12.0. The van der Waals surface area contributed by atoms with Gasteiger partial charge in [-0.15, -0.1) is 0 Å². The number of likely N-dealkylation sites (N-methyl/N-ethyl adjacent to an activating group) is 1. The third-order valence-corrected chi connectivity index (χ3v) is 3.60. The largest absolute Gasteiger partial charge is 0.345 e. The average molecular weight is 297 g/mol. The zero-order chi connectivity index (χ0) is 15.6. The first-order valence-electron chi connectivity index (χ1n) is 7.63. The Labute approximate surface area is 132 Å². The molecule has 1 heterocycles. The molecule has 0 radical (unpaired) electrons. The van der Waals surface area contributed by atoms with Gasteiger partial charge in [-0.3, -0.25) is 9.78 Å². The van der Waals surface area contributed by atoms with Crippen molar-refractivity contribution in [1.29, 1.82) is 0 Å². The highest BCUT2D eigenvalue weighted by molar-refractivity contribution is 5.76. The third kappa shape index (κ3) is 5.66. The molecule has 2 rings (SSSR count). The monoisotopic (exact) mass is 297 g/mol. The van der Waals surface area contributed by atoms with Crippen molar-refractivity contribution in [3.8, 4) is 0 Å². The minimum Gasteiger partial charge on any atom is -0.345 e. The number of aromatic nitrogens is 1. The summed E-state index contributed by atoms with van der Waals surface area (Å²) in [4.78, 5) is 17.8. The number of hydrogen-bond acceptors (Lipinski definition) is 3. The first kappa shape index (κ1) is 16.2. The lowest BCUT2D eigenvalue weighted by molar-refractivity contribution is -0.129. The van der Waals surface area contributed by atoms with Crippen molar-refractivity contribution in [3.05, 3.63) is 66.0 Å². The summed E-state index contributed by atoms with van der Waals surface area (Å²) < 4.78 is 0. The molecular formula is C18H23N3O. The van der Waals surface area contributed by atoms with Crippen LogP contribution in [0.3, 0.4) is 0 Å². The van der Waals surface area contributed by atoms with E-state index in [-0.39, 0.29) is 5.91 Å². The van der Waals surface area contributed by atoms with E-state index in [1.54, 1.807) is 17.3 Å². The molecule has 0 saturated heterocycles. The molecular weight excluding hydrogens is 274 g/mol. The van der Waals surface area contributed by atoms with Crippen molar-refractivity contribution in [2.24, 2.45) is 0 Å². The number of nitrogens with zero attached hydrogens (tertiary/aromatic N) is 2. The van der Waals surface area contributed by atoms with Gasteiger partial charge in [0, 0.05) is 45.5 Å². The lowest BCUT2D eigenvalue weighted by atomic mass is 10.2. The number of rotatable bonds is 8. The summed E-state index contributed by atoms with van der Waals surface area (Å²) in [6.07, 6.45) is 4.96. The van der Waals surface area contributed by atoms with Crippen LogP contribution in [-0.4, -0.2) is 35.9 Å². The van der Waals surface area contributed by atoms with Crippen molar-refractivity contribution in [1.82, 2.24) is 15.2 Å². The average Bonchev–Trinajstić information content (AvgIpc) is 2.58. The number of pyridine rings is 1. The van der Waals surface area contributed by atoms with Crippen LogP contribution < -0.4 is 5.32 Å². The van der Waals surface area contributed by atoms with Gasteiger partial charge >= 0.3 is 0 Å². The van der Waals surface area contributed by atoms with Crippen LogP contribution in [0.4, 0.5) is 0 Å². The first-order valence-corrected chi connectivity index (χ1v) is 7.63. The number of hydrogen-bond donors (Lipinski definition) is 1. The molecule has 0 fully saturated rings. The van der Waals surface area contributed by atoms with Crippen LogP contribution in [0.25, 0.3) is 0 Å². The van der Waals surface area contributed by atoms with E-state index in [0.717, 1.165) is 19.5 Å². The molecule has 4 heteroatoms. The minimum absolute atomic E-state index is 0.176. The van der Waals surface area contributed by atoms with Crippen molar-refractivity contribution in [2.75, 3.05) is 20.1 Å². The molecule has 4 nitrogen and oxygen atoms in total. The van der Waals surface area contributed by atoms with E-state index < -0.39 is 0 Å². The predicted molar refractivity (Wildman–Crippen MR) is 88.3 cm³/mol. The lowest BCUT2D eigenvalue weighted by Gasteiger charge is -2.17. The molecule has 0 aliphatic rings. The van der Waals surface area contributed by atoms with Crippen molar-refractivity contribution in [3.63, 3.8) is 0 Å². The standard InChI is InChI=1S/C18H23N3O/c1-21(14-10-16-7-11-19-12-8-16)18(22)9-13-20-15-17-5-3-2-4-6-17/h2-8,11-12,20H,9-10,13-15H2,1H3. The Morgan fingerprint density at radius 3 is 2.55 bits per heavy atom. The van der Waals surface area contributed by atoms with Gasteiger partial charge in [0.15, 0.2) is 0 Å². The fraction of sp³-hybridized carbons (Fsp3) is 0.333. The molecule has 0 atom stereocenters. The third-order valence-electron chi connectivity index (χ3n) is 3.60. The summed E-state index contributed by atoms with van der Waals surface area (Å²) in [7, 11) is 1.86. The fourth-order valence-corrected chi connectivity index (χ4v) is 2.19. The van der Waals surface area contributed by atoms with Crippen LogP contribution in [0.2, 0.25) is 0 Å². The van der Waals surface area contributed by atoms with Gasteiger partial charge < -0.3 is 10.2 Å². The molecule has 0 aliphatic carbocycles. The number of benzene rings is 1. The van der Waals surface area contributed by atoms with Gasteiger partial charge in [0.2, 0.25) is 5.91 Å². The molecule has 1 aromatic carbocycles. The maximum Gasteiger partial charge on any atom is 0.223 e. The number of carbonyl (C=O) groups is 1. The SMILES string of the molecule is CN(CCc1ccncc1)C(=O)CCNCc1ccccc1. The fourth-order valence-electron chi connectivity index (χ4n) is 2.19. The van der Waals surface area contributed by atoms with Crippen LogP contribution in [0, 0.1) is 0 Å². The first-order chi connectivity index (χ1) is 10.8. The number of carbonyl (C=O) groups excluding carboxylic acids is 1. The van der Waals surface area contributed by atoms with E-state index in [1.807, 2.05) is 37.4 Å². The van der Waals surface area contributed by atoms with Gasteiger partial charge in [0.1, 0.15) is 0 Å². The molecule has 1 amide bonds. The second-order valence-electron chi connectivity index (χ2n) is 5.33.